The maximum absolute atomic E-state index is 5.44. The molecule has 0 fully saturated rings. The van der Waals surface area contributed by atoms with Crippen LogP contribution in [-0.4, -0.2) is 28.5 Å². The predicted octanol–water partition coefficient (Wildman–Crippen LogP) is 3.06. The summed E-state index contributed by atoms with van der Waals surface area (Å²) < 4.78 is 5.44. The molecule has 0 spiro atoms. The molecule has 0 saturated heterocycles. The Morgan fingerprint density at radius 1 is 1.28 bits per heavy atom. The van der Waals surface area contributed by atoms with E-state index in [2.05, 4.69) is 50.1 Å². The van der Waals surface area contributed by atoms with Gasteiger partial charge in [-0.25, -0.2) is 0 Å². The predicted molar refractivity (Wildman–Crippen MR) is 76.9 cm³/mol. The zero-order valence-electron chi connectivity index (χ0n) is 12.1. The number of rotatable bonds is 8. The Morgan fingerprint density at radius 3 is 2.56 bits per heavy atom. The van der Waals surface area contributed by atoms with Crippen LogP contribution >= 0.6 is 11.8 Å². The van der Waals surface area contributed by atoms with E-state index in [1.54, 1.807) is 0 Å². The van der Waals surface area contributed by atoms with Crippen LogP contribution in [0.15, 0.2) is 4.52 Å². The lowest BCUT2D eigenvalue weighted by atomic mass is 9.89. The van der Waals surface area contributed by atoms with Crippen molar-refractivity contribution in [3.63, 3.8) is 0 Å². The molecule has 4 nitrogen and oxygen atoms in total. The normalized spacial score (nSPS) is 15.0. The van der Waals surface area contributed by atoms with E-state index in [-0.39, 0.29) is 5.92 Å². The summed E-state index contributed by atoms with van der Waals surface area (Å²) >= 11 is 1.81. The Morgan fingerprint density at radius 2 is 2.00 bits per heavy atom. The highest BCUT2D eigenvalue weighted by Gasteiger charge is 2.27. The largest absolute Gasteiger partial charge is 0.339 e. The molecule has 1 rings (SSSR count). The minimum absolute atomic E-state index is 0.276. The van der Waals surface area contributed by atoms with Gasteiger partial charge in [0.15, 0.2) is 5.82 Å². The molecule has 0 aliphatic rings. The lowest BCUT2D eigenvalue weighted by Crippen LogP contribution is -2.34. The van der Waals surface area contributed by atoms with Gasteiger partial charge >= 0.3 is 0 Å². The van der Waals surface area contributed by atoms with Crippen molar-refractivity contribution in [2.24, 2.45) is 5.92 Å². The van der Waals surface area contributed by atoms with Crippen LogP contribution in [0.25, 0.3) is 0 Å². The van der Waals surface area contributed by atoms with E-state index in [1.165, 1.54) is 0 Å². The molecule has 18 heavy (non-hydrogen) atoms. The van der Waals surface area contributed by atoms with Crippen molar-refractivity contribution < 1.29 is 4.52 Å². The van der Waals surface area contributed by atoms with Crippen molar-refractivity contribution in [1.29, 1.82) is 0 Å². The molecule has 0 amide bonds. The van der Waals surface area contributed by atoms with E-state index in [0.29, 0.717) is 12.0 Å². The molecule has 0 aliphatic carbocycles. The first kappa shape index (κ1) is 15.5. The van der Waals surface area contributed by atoms with E-state index in [9.17, 15) is 0 Å². The van der Waals surface area contributed by atoms with Crippen LogP contribution in [0.2, 0.25) is 0 Å². The molecule has 1 aromatic rings. The van der Waals surface area contributed by atoms with Gasteiger partial charge < -0.3 is 9.84 Å². The standard InChI is InChI=1S/C13H25N3OS/c1-6-14-10(5)12(9(3)4)13-15-11(16-17-13)8-18-7-2/h9-10,12,14H,6-8H2,1-5H3. The lowest BCUT2D eigenvalue weighted by molar-refractivity contribution is 0.280. The Kier molecular flexibility index (Phi) is 6.71. The number of hydrogen-bond acceptors (Lipinski definition) is 5. The summed E-state index contributed by atoms with van der Waals surface area (Å²) in [4.78, 5) is 4.53. The second-order valence-electron chi connectivity index (χ2n) is 4.80. The molecule has 5 heteroatoms. The van der Waals surface area contributed by atoms with Crippen LogP contribution in [-0.2, 0) is 5.75 Å². The van der Waals surface area contributed by atoms with Crippen molar-refractivity contribution in [2.75, 3.05) is 12.3 Å². The third-order valence-electron chi connectivity index (χ3n) is 2.99. The number of nitrogens with one attached hydrogen (secondary N) is 1. The van der Waals surface area contributed by atoms with Gasteiger partial charge in [-0.2, -0.15) is 16.7 Å². The SMILES string of the molecule is CCNC(C)C(c1nc(CSCC)no1)C(C)C. The van der Waals surface area contributed by atoms with Gasteiger partial charge in [0.05, 0.1) is 11.7 Å². The van der Waals surface area contributed by atoms with E-state index >= 15 is 0 Å². The van der Waals surface area contributed by atoms with E-state index in [4.69, 9.17) is 4.52 Å². The molecule has 0 aromatic carbocycles. The summed E-state index contributed by atoms with van der Waals surface area (Å²) in [5, 5.41) is 7.51. The average molecular weight is 271 g/mol. The van der Waals surface area contributed by atoms with Gasteiger partial charge in [-0.05, 0) is 25.1 Å². The Balaban J connectivity index is 2.76. The van der Waals surface area contributed by atoms with Crippen molar-refractivity contribution in [2.45, 2.75) is 52.3 Å². The van der Waals surface area contributed by atoms with Crippen LogP contribution in [0.5, 0.6) is 0 Å². The average Bonchev–Trinajstić information content (AvgIpc) is 2.75. The number of thioether (sulfide) groups is 1. The van der Waals surface area contributed by atoms with Gasteiger partial charge in [-0.1, -0.05) is 32.9 Å². The fourth-order valence-electron chi connectivity index (χ4n) is 2.18. The zero-order valence-corrected chi connectivity index (χ0v) is 12.9. The van der Waals surface area contributed by atoms with Gasteiger partial charge in [-0.3, -0.25) is 0 Å². The Hall–Kier alpha value is -0.550. The second kappa shape index (κ2) is 7.79. The maximum atomic E-state index is 5.44. The first-order valence-corrected chi connectivity index (χ1v) is 7.89. The molecular formula is C13H25N3OS. The molecule has 1 heterocycles. The molecule has 0 bridgehead atoms. The highest BCUT2D eigenvalue weighted by atomic mass is 32.2. The quantitative estimate of drug-likeness (QED) is 0.787. The van der Waals surface area contributed by atoms with Crippen molar-refractivity contribution in [3.05, 3.63) is 11.7 Å². The van der Waals surface area contributed by atoms with E-state index < -0.39 is 0 Å². The summed E-state index contributed by atoms with van der Waals surface area (Å²) in [6.07, 6.45) is 0. The lowest BCUT2D eigenvalue weighted by Gasteiger charge is -2.24. The molecular weight excluding hydrogens is 246 g/mol. The molecule has 0 radical (unpaired) electrons. The zero-order chi connectivity index (χ0) is 13.5. The fourth-order valence-corrected chi connectivity index (χ4v) is 2.68. The van der Waals surface area contributed by atoms with Gasteiger partial charge in [0, 0.05) is 6.04 Å². The summed E-state index contributed by atoms with van der Waals surface area (Å²) in [6, 6.07) is 0.349. The molecule has 1 N–H and O–H groups in total. The highest BCUT2D eigenvalue weighted by molar-refractivity contribution is 7.98. The minimum atomic E-state index is 0.276. The van der Waals surface area contributed by atoms with Gasteiger partial charge in [0.2, 0.25) is 5.89 Å². The van der Waals surface area contributed by atoms with Gasteiger partial charge in [0.1, 0.15) is 0 Å². The Bertz CT molecular complexity index is 341. The summed E-state index contributed by atoms with van der Waals surface area (Å²) in [5.41, 5.74) is 0. The van der Waals surface area contributed by atoms with Gasteiger partial charge in [-0.15, -0.1) is 0 Å². The van der Waals surface area contributed by atoms with Crippen molar-refractivity contribution >= 4 is 11.8 Å². The number of likely N-dealkylation sites (N-methyl/N-ethyl adjacent to an activating group) is 1. The summed E-state index contributed by atoms with van der Waals surface area (Å²) in [7, 11) is 0. The minimum Gasteiger partial charge on any atom is -0.339 e. The molecule has 104 valence electrons. The molecule has 1 aromatic heterocycles. The summed E-state index contributed by atoms with van der Waals surface area (Å²) in [5.74, 6) is 4.24. The van der Waals surface area contributed by atoms with Crippen molar-refractivity contribution in [3.8, 4) is 0 Å². The first-order chi connectivity index (χ1) is 8.60. The van der Waals surface area contributed by atoms with Crippen LogP contribution < -0.4 is 5.32 Å². The number of aromatic nitrogens is 2. The number of hydrogen-bond donors (Lipinski definition) is 1. The molecule has 2 atom stereocenters. The highest BCUT2D eigenvalue weighted by Crippen LogP contribution is 2.27. The smallest absolute Gasteiger partial charge is 0.231 e. The first-order valence-electron chi connectivity index (χ1n) is 6.73. The van der Waals surface area contributed by atoms with Crippen molar-refractivity contribution in [1.82, 2.24) is 15.5 Å². The van der Waals surface area contributed by atoms with Crippen LogP contribution in [0.1, 0.15) is 52.3 Å². The molecule has 2 unspecified atom stereocenters. The van der Waals surface area contributed by atoms with E-state index in [1.807, 2.05) is 11.8 Å². The Labute approximate surface area is 114 Å². The summed E-state index contributed by atoms with van der Waals surface area (Å²) in [6.45, 7) is 11.8. The maximum Gasteiger partial charge on any atom is 0.231 e. The third-order valence-corrected chi connectivity index (χ3v) is 3.86. The van der Waals surface area contributed by atoms with E-state index in [0.717, 1.165) is 29.8 Å². The molecule has 0 saturated carbocycles. The van der Waals surface area contributed by atoms with Crippen LogP contribution in [0.4, 0.5) is 0 Å². The van der Waals surface area contributed by atoms with Crippen LogP contribution in [0, 0.1) is 5.92 Å². The monoisotopic (exact) mass is 271 g/mol. The van der Waals surface area contributed by atoms with Gasteiger partial charge in [0.25, 0.3) is 0 Å². The fraction of sp³-hybridized carbons (Fsp3) is 0.846. The third kappa shape index (κ3) is 4.28. The van der Waals surface area contributed by atoms with Crippen LogP contribution in [0.3, 0.4) is 0 Å². The topological polar surface area (TPSA) is 51.0 Å². The second-order valence-corrected chi connectivity index (χ2v) is 6.08. The molecule has 0 aliphatic heterocycles. The number of nitrogens with zero attached hydrogens (tertiary/aromatic N) is 2.